The lowest BCUT2D eigenvalue weighted by atomic mass is 9.88. The van der Waals surface area contributed by atoms with Crippen molar-refractivity contribution in [2.75, 3.05) is 18.2 Å². The molecule has 34 heavy (non-hydrogen) atoms. The largest absolute Gasteiger partial charge is 0.496 e. The van der Waals surface area contributed by atoms with Gasteiger partial charge in [-0.1, -0.05) is 36.0 Å². The molecule has 2 heterocycles. The highest BCUT2D eigenvalue weighted by Gasteiger charge is 2.59. The standard InChI is InChI=1S/C23H22F3N5O2S/c1-14-10-11-15-17(29-14)7-5-8-18(15)30-20(16-6-3-4-9-19(16)33-2)22(32,23(24,25)26)12-34-21-27-13-28-31-21/h3-11,13,20,30,32H,12H2,1-2H3,(H,27,28,31). The molecule has 2 aromatic heterocycles. The van der Waals surface area contributed by atoms with Gasteiger partial charge in [0.2, 0.25) is 0 Å². The number of aliphatic hydroxyl groups is 1. The Morgan fingerprint density at radius 1 is 1.12 bits per heavy atom. The van der Waals surface area contributed by atoms with Gasteiger partial charge in [-0.2, -0.15) is 18.3 Å². The predicted octanol–water partition coefficient (Wildman–Crippen LogP) is 4.91. The number of para-hydroxylation sites is 1. The second kappa shape index (κ2) is 9.51. The van der Waals surface area contributed by atoms with Crippen molar-refractivity contribution < 1.29 is 23.0 Å². The first-order valence-electron chi connectivity index (χ1n) is 10.3. The minimum Gasteiger partial charge on any atom is -0.496 e. The summed E-state index contributed by atoms with van der Waals surface area (Å²) in [6.07, 6.45) is -3.81. The van der Waals surface area contributed by atoms with E-state index >= 15 is 0 Å². The molecule has 0 saturated carbocycles. The Kier molecular flexibility index (Phi) is 6.67. The number of fused-ring (bicyclic) bond motifs is 1. The molecular formula is C23H22F3N5O2S. The minimum absolute atomic E-state index is 0.153. The number of rotatable bonds is 8. The van der Waals surface area contributed by atoms with Gasteiger partial charge in [0.1, 0.15) is 12.1 Å². The van der Waals surface area contributed by atoms with Gasteiger partial charge in [-0.3, -0.25) is 10.1 Å². The van der Waals surface area contributed by atoms with Crippen LogP contribution in [0.5, 0.6) is 5.75 Å². The van der Waals surface area contributed by atoms with Gasteiger partial charge in [0.15, 0.2) is 10.8 Å². The first-order chi connectivity index (χ1) is 16.2. The van der Waals surface area contributed by atoms with E-state index in [0.29, 0.717) is 16.6 Å². The Labute approximate surface area is 197 Å². The van der Waals surface area contributed by atoms with Crippen molar-refractivity contribution in [1.29, 1.82) is 0 Å². The van der Waals surface area contributed by atoms with Crippen LogP contribution in [0, 0.1) is 6.92 Å². The highest BCUT2D eigenvalue weighted by Crippen LogP contribution is 2.47. The number of pyridine rings is 1. The smallest absolute Gasteiger partial charge is 0.420 e. The van der Waals surface area contributed by atoms with Crippen LogP contribution in [0.3, 0.4) is 0 Å². The molecule has 4 aromatic rings. The van der Waals surface area contributed by atoms with Crippen molar-refractivity contribution >= 4 is 28.4 Å². The van der Waals surface area contributed by atoms with Crippen LogP contribution in [-0.4, -0.2) is 49.9 Å². The molecule has 0 saturated heterocycles. The predicted molar refractivity (Wildman–Crippen MR) is 124 cm³/mol. The maximum atomic E-state index is 14.6. The average molecular weight is 490 g/mol. The zero-order valence-corrected chi connectivity index (χ0v) is 19.1. The molecule has 0 spiro atoms. The molecule has 0 bridgehead atoms. The van der Waals surface area contributed by atoms with Gasteiger partial charge in [-0.15, -0.1) is 0 Å². The number of hydrogen-bond acceptors (Lipinski definition) is 7. The maximum Gasteiger partial charge on any atom is 0.420 e. The molecule has 3 N–H and O–H groups in total. The van der Waals surface area contributed by atoms with Crippen LogP contribution in [0.4, 0.5) is 18.9 Å². The quantitative estimate of drug-likeness (QED) is 0.303. The number of aromatic amines is 1. The molecule has 2 unspecified atom stereocenters. The van der Waals surface area contributed by atoms with E-state index in [2.05, 4.69) is 25.5 Å². The van der Waals surface area contributed by atoms with E-state index in [4.69, 9.17) is 4.74 Å². The van der Waals surface area contributed by atoms with Crippen LogP contribution in [0.1, 0.15) is 17.3 Å². The summed E-state index contributed by atoms with van der Waals surface area (Å²) < 4.78 is 49.1. The molecule has 0 radical (unpaired) electrons. The van der Waals surface area contributed by atoms with Gasteiger partial charge in [-0.25, -0.2) is 4.98 Å². The molecule has 2 atom stereocenters. The molecule has 11 heteroatoms. The van der Waals surface area contributed by atoms with Crippen LogP contribution in [0.2, 0.25) is 0 Å². The van der Waals surface area contributed by atoms with Crippen LogP contribution in [0.25, 0.3) is 10.9 Å². The van der Waals surface area contributed by atoms with Gasteiger partial charge in [0, 0.05) is 28.1 Å². The average Bonchev–Trinajstić information content (AvgIpc) is 3.34. The first kappa shape index (κ1) is 23.8. The van der Waals surface area contributed by atoms with Crippen molar-refractivity contribution in [3.8, 4) is 5.75 Å². The number of hydrogen-bond donors (Lipinski definition) is 3. The van der Waals surface area contributed by atoms with Crippen LogP contribution >= 0.6 is 11.8 Å². The summed E-state index contributed by atoms with van der Waals surface area (Å²) in [5.74, 6) is -0.537. The number of methoxy groups -OCH3 is 1. The Bertz CT molecular complexity index is 1270. The monoisotopic (exact) mass is 489 g/mol. The van der Waals surface area contributed by atoms with E-state index < -0.39 is 23.6 Å². The van der Waals surface area contributed by atoms with E-state index in [0.717, 1.165) is 17.5 Å². The zero-order chi connectivity index (χ0) is 24.3. The zero-order valence-electron chi connectivity index (χ0n) is 18.3. The third kappa shape index (κ3) is 4.66. The van der Waals surface area contributed by atoms with Crippen molar-refractivity contribution in [1.82, 2.24) is 20.2 Å². The Hall–Kier alpha value is -3.31. The number of nitrogens with one attached hydrogen (secondary N) is 2. The van der Waals surface area contributed by atoms with Crippen molar-refractivity contribution in [3.05, 3.63) is 72.2 Å². The van der Waals surface area contributed by atoms with Gasteiger partial charge < -0.3 is 15.2 Å². The lowest BCUT2D eigenvalue weighted by Gasteiger charge is -2.39. The molecule has 0 aliphatic carbocycles. The molecule has 178 valence electrons. The summed E-state index contributed by atoms with van der Waals surface area (Å²) in [7, 11) is 1.37. The number of alkyl halides is 3. The summed E-state index contributed by atoms with van der Waals surface area (Å²) in [4.78, 5) is 8.32. The first-order valence-corrected chi connectivity index (χ1v) is 11.2. The summed E-state index contributed by atoms with van der Waals surface area (Å²) >= 11 is 0.721. The second-order valence-electron chi connectivity index (χ2n) is 7.65. The highest BCUT2D eigenvalue weighted by molar-refractivity contribution is 7.99. The third-order valence-electron chi connectivity index (χ3n) is 5.41. The number of ether oxygens (including phenoxy) is 1. The van der Waals surface area contributed by atoms with E-state index in [1.165, 1.54) is 19.5 Å². The van der Waals surface area contributed by atoms with Gasteiger partial charge in [0.05, 0.1) is 18.7 Å². The Morgan fingerprint density at radius 3 is 2.62 bits per heavy atom. The van der Waals surface area contributed by atoms with Crippen LogP contribution in [0.15, 0.2) is 66.1 Å². The summed E-state index contributed by atoms with van der Waals surface area (Å²) in [6, 6.07) is 13.4. The molecule has 4 rings (SSSR count). The number of aromatic nitrogens is 4. The molecule has 0 aliphatic heterocycles. The number of H-pyrrole nitrogens is 1. The molecule has 0 aliphatic rings. The van der Waals surface area contributed by atoms with Crippen molar-refractivity contribution in [2.24, 2.45) is 0 Å². The summed E-state index contributed by atoms with van der Waals surface area (Å²) in [6.45, 7) is 1.83. The molecule has 0 fully saturated rings. The topological polar surface area (TPSA) is 95.9 Å². The van der Waals surface area contributed by atoms with Gasteiger partial charge >= 0.3 is 6.18 Å². The fraction of sp³-hybridized carbons (Fsp3) is 0.261. The van der Waals surface area contributed by atoms with Gasteiger partial charge in [0.25, 0.3) is 0 Å². The van der Waals surface area contributed by atoms with Gasteiger partial charge in [-0.05, 0) is 37.3 Å². The van der Waals surface area contributed by atoms with Crippen molar-refractivity contribution in [3.63, 3.8) is 0 Å². The number of benzene rings is 2. The number of thioether (sulfide) groups is 1. The summed E-state index contributed by atoms with van der Waals surface area (Å²) in [5.41, 5.74) is -1.26. The number of anilines is 1. The molecule has 0 amide bonds. The number of halogens is 3. The number of aryl methyl sites for hydroxylation is 1. The molecule has 7 nitrogen and oxygen atoms in total. The lowest BCUT2D eigenvalue weighted by Crippen LogP contribution is -2.54. The van der Waals surface area contributed by atoms with E-state index in [1.807, 2.05) is 6.92 Å². The van der Waals surface area contributed by atoms with Crippen LogP contribution in [-0.2, 0) is 0 Å². The molecular weight excluding hydrogens is 467 g/mol. The second-order valence-corrected chi connectivity index (χ2v) is 8.61. The fourth-order valence-electron chi connectivity index (χ4n) is 3.67. The van der Waals surface area contributed by atoms with E-state index in [9.17, 15) is 18.3 Å². The summed E-state index contributed by atoms with van der Waals surface area (Å²) in [5, 5.41) is 21.2. The fourth-order valence-corrected chi connectivity index (χ4v) is 4.59. The number of nitrogens with zero attached hydrogens (tertiary/aromatic N) is 3. The normalized spacial score (nSPS) is 14.5. The Balaban J connectivity index is 1.85. The maximum absolute atomic E-state index is 14.6. The molecule has 2 aromatic carbocycles. The Morgan fingerprint density at radius 2 is 1.91 bits per heavy atom. The lowest BCUT2D eigenvalue weighted by molar-refractivity contribution is -0.256. The third-order valence-corrected chi connectivity index (χ3v) is 6.47. The van der Waals surface area contributed by atoms with Crippen molar-refractivity contribution in [2.45, 2.75) is 29.9 Å². The van der Waals surface area contributed by atoms with E-state index in [1.54, 1.807) is 48.5 Å². The minimum atomic E-state index is -5.00. The highest BCUT2D eigenvalue weighted by atomic mass is 32.2. The van der Waals surface area contributed by atoms with E-state index in [-0.39, 0.29) is 16.5 Å². The SMILES string of the molecule is COc1ccccc1C(Nc1cccc2nc(C)ccc12)C(O)(CSc1ncn[nH]1)C(F)(F)F. The van der Waals surface area contributed by atoms with Crippen LogP contribution < -0.4 is 10.1 Å².